The van der Waals surface area contributed by atoms with Gasteiger partial charge in [-0.2, -0.15) is 0 Å². The number of hydrogen-bond acceptors (Lipinski definition) is 6. The molecule has 0 saturated heterocycles. The lowest BCUT2D eigenvalue weighted by Gasteiger charge is -2.06. The van der Waals surface area contributed by atoms with Crippen LogP contribution < -0.4 is 10.1 Å². The third-order valence-corrected chi connectivity index (χ3v) is 4.38. The van der Waals surface area contributed by atoms with Crippen molar-refractivity contribution in [2.45, 2.75) is 13.5 Å². The van der Waals surface area contributed by atoms with Crippen molar-refractivity contribution in [3.05, 3.63) is 48.5 Å². The fraction of sp³-hybridized carbons (Fsp3) is 0.286. The van der Waals surface area contributed by atoms with Crippen molar-refractivity contribution < 1.29 is 19.4 Å². The Balaban J connectivity index is 1.71. The molecule has 152 valence electrons. The Morgan fingerprint density at radius 3 is 2.66 bits per heavy atom. The van der Waals surface area contributed by atoms with Crippen LogP contribution in [0.5, 0.6) is 11.6 Å². The van der Waals surface area contributed by atoms with Gasteiger partial charge in [-0.1, -0.05) is 18.2 Å². The molecule has 0 aliphatic carbocycles. The van der Waals surface area contributed by atoms with Crippen LogP contribution in [0.4, 0.5) is 11.4 Å². The first-order valence-electron chi connectivity index (χ1n) is 9.34. The quantitative estimate of drug-likeness (QED) is 0.419. The lowest BCUT2D eigenvalue weighted by atomic mass is 10.2. The summed E-state index contributed by atoms with van der Waals surface area (Å²) in [5.41, 5.74) is 1.85. The van der Waals surface area contributed by atoms with Crippen LogP contribution in [0, 0.1) is 0 Å². The monoisotopic (exact) mass is 396 g/mol. The van der Waals surface area contributed by atoms with Crippen LogP contribution >= 0.6 is 0 Å². The molecule has 0 radical (unpaired) electrons. The second-order valence-corrected chi connectivity index (χ2v) is 6.21. The number of amides is 1. The van der Waals surface area contributed by atoms with Gasteiger partial charge in [0.15, 0.2) is 5.69 Å². The van der Waals surface area contributed by atoms with E-state index >= 15 is 0 Å². The molecule has 3 rings (SSSR count). The highest BCUT2D eigenvalue weighted by atomic mass is 16.5. The molecule has 0 aliphatic rings. The first-order chi connectivity index (χ1) is 14.1. The zero-order valence-electron chi connectivity index (χ0n) is 16.5. The second-order valence-electron chi connectivity index (χ2n) is 6.21. The second kappa shape index (κ2) is 9.70. The van der Waals surface area contributed by atoms with E-state index in [1.807, 2.05) is 31.2 Å². The summed E-state index contributed by atoms with van der Waals surface area (Å²) >= 11 is 0. The van der Waals surface area contributed by atoms with Gasteiger partial charge in [-0.25, -0.2) is 0 Å². The molecule has 2 aromatic carbocycles. The summed E-state index contributed by atoms with van der Waals surface area (Å²) in [7, 11) is 1.59. The largest absolute Gasteiger partial charge is 0.497 e. The topological polar surface area (TPSA) is 97.4 Å². The number of benzene rings is 2. The highest BCUT2D eigenvalue weighted by molar-refractivity contribution is 5.95. The third-order valence-electron chi connectivity index (χ3n) is 4.38. The lowest BCUT2D eigenvalue weighted by molar-refractivity contribution is -0.116. The Kier molecular flexibility index (Phi) is 6.80. The summed E-state index contributed by atoms with van der Waals surface area (Å²) < 4.78 is 12.2. The van der Waals surface area contributed by atoms with Crippen LogP contribution in [0.15, 0.2) is 58.8 Å². The van der Waals surface area contributed by atoms with E-state index in [1.54, 1.807) is 35.9 Å². The maximum Gasteiger partial charge on any atom is 0.283 e. The number of para-hydroxylation sites is 1. The number of carbonyl (C=O) groups excluding carboxylic acids is 1. The molecule has 1 amide bonds. The molecule has 8 heteroatoms. The number of ether oxygens (including phenoxy) is 2. The fourth-order valence-electron chi connectivity index (χ4n) is 2.92. The van der Waals surface area contributed by atoms with Gasteiger partial charge in [-0.05, 0) is 37.3 Å². The Morgan fingerprint density at radius 1 is 1.17 bits per heavy atom. The van der Waals surface area contributed by atoms with Crippen molar-refractivity contribution in [3.8, 4) is 11.6 Å². The van der Waals surface area contributed by atoms with Crippen LogP contribution in [0.1, 0.15) is 6.92 Å². The number of hydrogen-bond donors (Lipinski definition) is 2. The average molecular weight is 396 g/mol. The zero-order chi connectivity index (χ0) is 20.6. The number of nitrogens with zero attached hydrogens (tertiary/aromatic N) is 3. The molecule has 0 fully saturated rings. The Labute approximate surface area is 168 Å². The van der Waals surface area contributed by atoms with Gasteiger partial charge in [-0.15, -0.1) is 10.2 Å². The van der Waals surface area contributed by atoms with Crippen LogP contribution in [0.25, 0.3) is 10.9 Å². The summed E-state index contributed by atoms with van der Waals surface area (Å²) in [6.45, 7) is 3.44. The van der Waals surface area contributed by atoms with E-state index in [2.05, 4.69) is 15.5 Å². The number of nitrogens with one attached hydrogen (secondary N) is 1. The number of fused-ring (bicyclic) bond motifs is 1. The van der Waals surface area contributed by atoms with Gasteiger partial charge in [0.05, 0.1) is 25.8 Å². The van der Waals surface area contributed by atoms with E-state index in [1.165, 1.54) is 0 Å². The molecular weight excluding hydrogens is 372 g/mol. The standard InChI is InChI=1S/C21H24N4O4/c1-3-29-13-12-25-18-7-5-4-6-17(18)20(21(25)27)24-23-19(26)14-22-15-8-10-16(28-2)11-9-15/h4-11,22,27H,3,12-14H2,1-2H3. The fourth-order valence-corrected chi connectivity index (χ4v) is 2.92. The molecule has 3 aromatic rings. The lowest BCUT2D eigenvalue weighted by Crippen LogP contribution is -2.10. The summed E-state index contributed by atoms with van der Waals surface area (Å²) in [6, 6.07) is 14.6. The molecule has 8 nitrogen and oxygen atoms in total. The number of aromatic hydroxyl groups is 1. The molecule has 0 unspecified atom stereocenters. The highest BCUT2D eigenvalue weighted by Crippen LogP contribution is 2.38. The molecule has 0 aliphatic heterocycles. The van der Waals surface area contributed by atoms with Gasteiger partial charge in [0.2, 0.25) is 5.88 Å². The molecule has 0 bridgehead atoms. The molecular formula is C21H24N4O4. The Bertz CT molecular complexity index is 996. The summed E-state index contributed by atoms with van der Waals surface area (Å²) in [6.07, 6.45) is 0. The third kappa shape index (κ3) is 4.91. The minimum atomic E-state index is -0.452. The van der Waals surface area contributed by atoms with E-state index in [4.69, 9.17) is 9.47 Å². The number of carbonyl (C=O) groups is 1. The maximum absolute atomic E-state index is 12.1. The summed E-state index contributed by atoms with van der Waals surface area (Å²) in [5, 5.41) is 22.1. The number of rotatable bonds is 9. The molecule has 1 heterocycles. The predicted molar refractivity (Wildman–Crippen MR) is 111 cm³/mol. The van der Waals surface area contributed by atoms with Gasteiger partial charge < -0.3 is 24.5 Å². The number of aromatic nitrogens is 1. The van der Waals surface area contributed by atoms with Crippen molar-refractivity contribution in [3.63, 3.8) is 0 Å². The van der Waals surface area contributed by atoms with Gasteiger partial charge in [-0.3, -0.25) is 4.79 Å². The average Bonchev–Trinajstić information content (AvgIpc) is 3.02. The van der Waals surface area contributed by atoms with E-state index in [9.17, 15) is 9.90 Å². The first kappa shape index (κ1) is 20.3. The molecule has 29 heavy (non-hydrogen) atoms. The van der Waals surface area contributed by atoms with Crippen molar-refractivity contribution >= 4 is 28.2 Å². The minimum Gasteiger partial charge on any atom is -0.497 e. The smallest absolute Gasteiger partial charge is 0.283 e. The van der Waals surface area contributed by atoms with Crippen LogP contribution in [0.2, 0.25) is 0 Å². The van der Waals surface area contributed by atoms with E-state index < -0.39 is 5.91 Å². The minimum absolute atomic E-state index is 0.0143. The summed E-state index contributed by atoms with van der Waals surface area (Å²) in [4.78, 5) is 12.1. The molecule has 1 aromatic heterocycles. The zero-order valence-corrected chi connectivity index (χ0v) is 16.5. The van der Waals surface area contributed by atoms with E-state index in [0.717, 1.165) is 22.3 Å². The van der Waals surface area contributed by atoms with Crippen LogP contribution in [0.3, 0.4) is 0 Å². The van der Waals surface area contributed by atoms with Crippen molar-refractivity contribution in [1.82, 2.24) is 4.57 Å². The normalized spacial score (nSPS) is 11.2. The van der Waals surface area contributed by atoms with E-state index in [0.29, 0.717) is 19.8 Å². The Hall–Kier alpha value is -3.39. The molecule has 0 atom stereocenters. The molecule has 0 saturated carbocycles. The van der Waals surface area contributed by atoms with Gasteiger partial charge in [0.25, 0.3) is 5.91 Å². The van der Waals surface area contributed by atoms with Crippen LogP contribution in [-0.4, -0.2) is 42.4 Å². The maximum atomic E-state index is 12.1. The number of methoxy groups -OCH3 is 1. The molecule has 2 N–H and O–H groups in total. The van der Waals surface area contributed by atoms with Gasteiger partial charge in [0.1, 0.15) is 5.75 Å². The first-order valence-corrected chi connectivity index (χ1v) is 9.34. The van der Waals surface area contributed by atoms with Gasteiger partial charge in [0, 0.05) is 24.2 Å². The highest BCUT2D eigenvalue weighted by Gasteiger charge is 2.16. The predicted octanol–water partition coefficient (Wildman–Crippen LogP) is 4.11. The van der Waals surface area contributed by atoms with Crippen molar-refractivity contribution in [2.24, 2.45) is 10.2 Å². The summed E-state index contributed by atoms with van der Waals surface area (Å²) in [5.74, 6) is 0.245. The van der Waals surface area contributed by atoms with Crippen molar-refractivity contribution in [1.29, 1.82) is 0 Å². The van der Waals surface area contributed by atoms with E-state index in [-0.39, 0.29) is 18.1 Å². The Morgan fingerprint density at radius 2 is 1.93 bits per heavy atom. The SMILES string of the molecule is CCOCCn1c(O)c(N=NC(=O)CNc2ccc(OC)cc2)c2ccccc21. The van der Waals surface area contributed by atoms with Crippen LogP contribution in [-0.2, 0) is 16.1 Å². The molecule has 0 spiro atoms. The van der Waals surface area contributed by atoms with Gasteiger partial charge >= 0.3 is 0 Å². The number of anilines is 1. The van der Waals surface area contributed by atoms with Crippen molar-refractivity contribution in [2.75, 3.05) is 32.2 Å². The number of azo groups is 1.